The first-order valence-corrected chi connectivity index (χ1v) is 14.0. The molecule has 1 N–H and O–H groups in total. The van der Waals surface area contributed by atoms with E-state index in [4.69, 9.17) is 21.1 Å². The predicted octanol–water partition coefficient (Wildman–Crippen LogP) is 7.36. The zero-order valence-corrected chi connectivity index (χ0v) is 24.9. The average Bonchev–Trinajstić information content (AvgIpc) is 2.87. The van der Waals surface area contributed by atoms with Gasteiger partial charge in [-0.3, -0.25) is 4.79 Å². The highest BCUT2D eigenvalue weighted by Crippen LogP contribution is 2.33. The summed E-state index contributed by atoms with van der Waals surface area (Å²) in [4.78, 5) is 38.6. The molecule has 1 heterocycles. The first-order valence-electron chi connectivity index (χ1n) is 13.7. The normalized spacial score (nSPS) is 11.8. The Balaban J connectivity index is 2.20. The molecule has 3 rings (SSSR count). The number of nitrogens with zero attached hydrogens (tertiary/aromatic N) is 1. The third kappa shape index (κ3) is 8.46. The van der Waals surface area contributed by atoms with E-state index in [1.165, 1.54) is 6.08 Å². The molecule has 1 aromatic heterocycles. The Hall–Kier alpha value is -3.58. The average molecular weight is 567 g/mol. The smallest absolute Gasteiger partial charge is 0.407 e. The number of rotatable bonds is 10. The van der Waals surface area contributed by atoms with Crippen molar-refractivity contribution in [3.8, 4) is 11.1 Å². The van der Waals surface area contributed by atoms with Crippen LogP contribution in [0.15, 0.2) is 53.3 Å². The summed E-state index contributed by atoms with van der Waals surface area (Å²) < 4.78 is 12.4. The molecule has 0 fully saturated rings. The highest BCUT2D eigenvalue weighted by molar-refractivity contribution is 6.30. The van der Waals surface area contributed by atoms with Crippen LogP contribution in [-0.4, -0.2) is 28.8 Å². The summed E-state index contributed by atoms with van der Waals surface area (Å²) in [5.74, 6) is -0.240. The third-order valence-electron chi connectivity index (χ3n) is 6.04. The molecule has 3 aromatic rings. The number of halogens is 1. The summed E-state index contributed by atoms with van der Waals surface area (Å²) in [6.07, 6.45) is 4.25. The fourth-order valence-corrected chi connectivity index (χ4v) is 4.42. The quantitative estimate of drug-likeness (QED) is 0.157. The molecule has 0 aliphatic rings. The molecule has 0 unspecified atom stereocenters. The van der Waals surface area contributed by atoms with Crippen LogP contribution in [0.4, 0.5) is 4.79 Å². The Labute approximate surface area is 241 Å². The summed E-state index contributed by atoms with van der Waals surface area (Å²) in [6, 6.07) is 12.8. The van der Waals surface area contributed by atoms with Gasteiger partial charge in [-0.25, -0.2) is 9.59 Å². The van der Waals surface area contributed by atoms with Crippen LogP contribution in [0.2, 0.25) is 5.02 Å². The molecule has 0 saturated carbocycles. The van der Waals surface area contributed by atoms with Gasteiger partial charge in [0.1, 0.15) is 5.60 Å². The van der Waals surface area contributed by atoms with E-state index in [0.29, 0.717) is 34.6 Å². The van der Waals surface area contributed by atoms with Gasteiger partial charge in [-0.2, -0.15) is 0 Å². The lowest BCUT2D eigenvalue weighted by Gasteiger charge is -2.23. The number of ether oxygens (including phenoxy) is 2. The molecule has 8 heteroatoms. The fourth-order valence-electron chi connectivity index (χ4n) is 4.30. The van der Waals surface area contributed by atoms with E-state index in [1.54, 1.807) is 49.6 Å². The number of fused-ring (bicyclic) bond motifs is 1. The van der Waals surface area contributed by atoms with Crippen molar-refractivity contribution in [2.45, 2.75) is 73.1 Å². The van der Waals surface area contributed by atoms with Gasteiger partial charge in [-0.1, -0.05) is 57.0 Å². The van der Waals surface area contributed by atoms with Gasteiger partial charge in [0, 0.05) is 34.3 Å². The van der Waals surface area contributed by atoms with Crippen LogP contribution in [0.5, 0.6) is 0 Å². The largest absolute Gasteiger partial charge is 0.463 e. The Bertz CT molecular complexity index is 1430. The SMILES string of the molecule is CCCCOC(=O)C=Cc1ccc2c(=O)n(CC(C)C)c(CNC(=O)OC(C)(C)C)c(-c3ccc(Cl)cc3)c2c1. The van der Waals surface area contributed by atoms with Crippen LogP contribution in [0.1, 0.15) is 65.6 Å². The molecule has 0 spiro atoms. The molecule has 214 valence electrons. The van der Waals surface area contributed by atoms with Crippen LogP contribution in [0.3, 0.4) is 0 Å². The van der Waals surface area contributed by atoms with Gasteiger partial charge in [0.2, 0.25) is 0 Å². The van der Waals surface area contributed by atoms with E-state index in [2.05, 4.69) is 5.32 Å². The molecule has 0 radical (unpaired) electrons. The maximum Gasteiger partial charge on any atom is 0.407 e. The number of aromatic nitrogens is 1. The number of esters is 1. The molecule has 0 bridgehead atoms. The van der Waals surface area contributed by atoms with E-state index in [-0.39, 0.29) is 18.0 Å². The van der Waals surface area contributed by atoms with Crippen LogP contribution in [-0.2, 0) is 27.4 Å². The van der Waals surface area contributed by atoms with Crippen molar-refractivity contribution >= 4 is 40.5 Å². The molecule has 1 amide bonds. The second-order valence-electron chi connectivity index (χ2n) is 11.2. The van der Waals surface area contributed by atoms with Gasteiger partial charge >= 0.3 is 12.1 Å². The third-order valence-corrected chi connectivity index (χ3v) is 6.29. The number of carbonyl (C=O) groups is 2. The molecular formula is C32H39ClN2O5. The van der Waals surface area contributed by atoms with E-state index in [1.807, 2.05) is 45.0 Å². The van der Waals surface area contributed by atoms with Crippen molar-refractivity contribution in [2.24, 2.45) is 5.92 Å². The predicted molar refractivity (Wildman–Crippen MR) is 161 cm³/mol. The minimum absolute atomic E-state index is 0.0780. The molecule has 7 nitrogen and oxygen atoms in total. The Morgan fingerprint density at radius 2 is 1.77 bits per heavy atom. The van der Waals surface area contributed by atoms with E-state index < -0.39 is 17.7 Å². The van der Waals surface area contributed by atoms with Gasteiger partial charge in [-0.05, 0) is 80.0 Å². The zero-order chi connectivity index (χ0) is 29.4. The molecule has 0 aliphatic heterocycles. The highest BCUT2D eigenvalue weighted by Gasteiger charge is 2.21. The molecule has 40 heavy (non-hydrogen) atoms. The van der Waals surface area contributed by atoms with Crippen molar-refractivity contribution in [1.82, 2.24) is 9.88 Å². The topological polar surface area (TPSA) is 86.6 Å². The van der Waals surface area contributed by atoms with Crippen molar-refractivity contribution in [3.05, 3.63) is 75.2 Å². The fraction of sp³-hybridized carbons (Fsp3) is 0.406. The highest BCUT2D eigenvalue weighted by atomic mass is 35.5. The lowest BCUT2D eigenvalue weighted by atomic mass is 9.94. The molecule has 2 aromatic carbocycles. The summed E-state index contributed by atoms with van der Waals surface area (Å²) in [5.41, 5.74) is 2.21. The van der Waals surface area contributed by atoms with Gasteiger partial charge in [-0.15, -0.1) is 0 Å². The molecule has 0 aliphatic carbocycles. The van der Waals surface area contributed by atoms with E-state index in [0.717, 1.165) is 29.5 Å². The van der Waals surface area contributed by atoms with Gasteiger partial charge in [0.15, 0.2) is 0 Å². The van der Waals surface area contributed by atoms with Crippen LogP contribution < -0.4 is 10.9 Å². The van der Waals surface area contributed by atoms with Crippen molar-refractivity contribution in [3.63, 3.8) is 0 Å². The number of unbranched alkanes of at least 4 members (excludes halogenated alkanes) is 1. The molecule has 0 saturated heterocycles. The summed E-state index contributed by atoms with van der Waals surface area (Å²) >= 11 is 6.21. The van der Waals surface area contributed by atoms with Crippen molar-refractivity contribution in [2.75, 3.05) is 6.61 Å². The van der Waals surface area contributed by atoms with Crippen LogP contribution >= 0.6 is 11.6 Å². The number of carbonyl (C=O) groups excluding carboxylic acids is 2. The summed E-state index contributed by atoms with van der Waals surface area (Å²) in [7, 11) is 0. The van der Waals surface area contributed by atoms with Gasteiger partial charge in [0.05, 0.1) is 13.2 Å². The minimum atomic E-state index is -0.664. The minimum Gasteiger partial charge on any atom is -0.463 e. The monoisotopic (exact) mass is 566 g/mol. The number of hydrogen-bond acceptors (Lipinski definition) is 5. The second-order valence-corrected chi connectivity index (χ2v) is 11.6. The van der Waals surface area contributed by atoms with Gasteiger partial charge < -0.3 is 19.4 Å². The maximum atomic E-state index is 13.8. The summed E-state index contributed by atoms with van der Waals surface area (Å²) in [6.45, 7) is 12.4. The molecule has 0 atom stereocenters. The van der Waals surface area contributed by atoms with Gasteiger partial charge in [0.25, 0.3) is 5.56 Å². The van der Waals surface area contributed by atoms with Crippen LogP contribution in [0.25, 0.3) is 28.0 Å². The standard InChI is InChI=1S/C32H39ClN2O5/c1-7-8-17-39-28(36)16-10-22-9-15-25-26(18-22)29(23-11-13-24(33)14-12-23)27(35(30(25)37)20-21(2)3)19-34-31(38)40-32(4,5)6/h9-16,18,21H,7-8,17,19-20H2,1-6H3,(H,34,38). The van der Waals surface area contributed by atoms with E-state index in [9.17, 15) is 14.4 Å². The number of alkyl carbamates (subject to hydrolysis) is 1. The molecular weight excluding hydrogens is 528 g/mol. The summed E-state index contributed by atoms with van der Waals surface area (Å²) in [5, 5.41) is 4.66. The Kier molecular flexibility index (Phi) is 10.6. The maximum absolute atomic E-state index is 13.8. The first kappa shape index (κ1) is 31.0. The first-order chi connectivity index (χ1) is 18.9. The van der Waals surface area contributed by atoms with Crippen molar-refractivity contribution < 1.29 is 19.1 Å². The van der Waals surface area contributed by atoms with E-state index >= 15 is 0 Å². The van der Waals surface area contributed by atoms with Crippen molar-refractivity contribution in [1.29, 1.82) is 0 Å². The Morgan fingerprint density at radius 3 is 2.40 bits per heavy atom. The number of benzene rings is 2. The lowest BCUT2D eigenvalue weighted by Crippen LogP contribution is -2.35. The second kappa shape index (κ2) is 13.7. The number of hydrogen-bond donors (Lipinski definition) is 1. The van der Waals surface area contributed by atoms with Crippen LogP contribution in [0, 0.1) is 5.92 Å². The number of pyridine rings is 1. The zero-order valence-electron chi connectivity index (χ0n) is 24.2. The lowest BCUT2D eigenvalue weighted by molar-refractivity contribution is -0.137. The number of nitrogens with one attached hydrogen (secondary N) is 1. The Morgan fingerprint density at radius 1 is 1.07 bits per heavy atom. The number of amides is 1.